The van der Waals surface area contributed by atoms with E-state index < -0.39 is 0 Å². The molecule has 3 N–H and O–H groups in total. The summed E-state index contributed by atoms with van der Waals surface area (Å²) in [6.07, 6.45) is 0. The number of nitrogens with two attached hydrogens (primary N) is 1. The molecule has 0 heterocycles. The number of nitrogens with one attached hydrogen (secondary N) is 1. The molecule has 0 aromatic heterocycles. The minimum Gasteiger partial charge on any atom is -0.399 e. The molecular formula is C40H31N3. The molecule has 0 unspecified atom stereocenters. The number of hydrogen-bond donors (Lipinski definition) is 2. The number of para-hydroxylation sites is 2. The van der Waals surface area contributed by atoms with Crippen molar-refractivity contribution in [3.8, 4) is 22.3 Å². The molecule has 0 amide bonds. The van der Waals surface area contributed by atoms with Gasteiger partial charge < -0.3 is 16.0 Å². The van der Waals surface area contributed by atoms with Crippen LogP contribution >= 0.6 is 0 Å². The Labute approximate surface area is 252 Å². The van der Waals surface area contributed by atoms with E-state index in [0.717, 1.165) is 56.4 Å². The van der Waals surface area contributed by atoms with Gasteiger partial charge >= 0.3 is 0 Å². The molecule has 0 spiro atoms. The molecule has 0 aliphatic rings. The molecule has 0 aliphatic heterocycles. The fraction of sp³-hybridized carbons (Fsp3) is 0. The lowest BCUT2D eigenvalue weighted by atomic mass is 9.91. The SMILES string of the molecule is Nc1ccc(-c2ccc(N(c3ccccc3)c3ccccc3)c(Nc3cccc4ccccc34)c2-c2ccccc2)cc1. The van der Waals surface area contributed by atoms with E-state index in [0.29, 0.717) is 0 Å². The van der Waals surface area contributed by atoms with Gasteiger partial charge in [-0.2, -0.15) is 0 Å². The molecule has 7 aromatic rings. The highest BCUT2D eigenvalue weighted by molar-refractivity contribution is 6.05. The van der Waals surface area contributed by atoms with Gasteiger partial charge in [-0.3, -0.25) is 0 Å². The van der Waals surface area contributed by atoms with E-state index >= 15 is 0 Å². The van der Waals surface area contributed by atoms with Crippen LogP contribution in [0.2, 0.25) is 0 Å². The Hall–Kier alpha value is -5.80. The van der Waals surface area contributed by atoms with Crippen molar-refractivity contribution >= 4 is 44.9 Å². The maximum absolute atomic E-state index is 6.11. The van der Waals surface area contributed by atoms with Crippen molar-refractivity contribution in [1.29, 1.82) is 0 Å². The first kappa shape index (κ1) is 26.1. The fourth-order valence-corrected chi connectivity index (χ4v) is 5.76. The Morgan fingerprint density at radius 3 is 1.72 bits per heavy atom. The molecule has 0 fully saturated rings. The van der Waals surface area contributed by atoms with Gasteiger partial charge in [0.15, 0.2) is 0 Å². The first-order valence-electron chi connectivity index (χ1n) is 14.5. The van der Waals surface area contributed by atoms with Gasteiger partial charge in [-0.05, 0) is 70.6 Å². The highest BCUT2D eigenvalue weighted by atomic mass is 15.2. The van der Waals surface area contributed by atoms with Crippen LogP contribution in [0.3, 0.4) is 0 Å². The number of hydrogen-bond acceptors (Lipinski definition) is 3. The van der Waals surface area contributed by atoms with Crippen LogP contribution < -0.4 is 16.0 Å². The van der Waals surface area contributed by atoms with Crippen LogP contribution in [0, 0.1) is 0 Å². The number of anilines is 6. The van der Waals surface area contributed by atoms with Crippen molar-refractivity contribution in [2.24, 2.45) is 0 Å². The molecule has 0 radical (unpaired) electrons. The predicted molar refractivity (Wildman–Crippen MR) is 184 cm³/mol. The molecule has 7 rings (SSSR count). The van der Waals surface area contributed by atoms with E-state index in [1.807, 2.05) is 12.1 Å². The van der Waals surface area contributed by atoms with E-state index in [4.69, 9.17) is 5.73 Å². The molecule has 0 saturated carbocycles. The van der Waals surface area contributed by atoms with Crippen molar-refractivity contribution in [1.82, 2.24) is 0 Å². The maximum Gasteiger partial charge on any atom is 0.0715 e. The molecule has 0 atom stereocenters. The minimum atomic E-state index is 0.745. The number of benzene rings is 7. The van der Waals surface area contributed by atoms with Gasteiger partial charge in [0.05, 0.1) is 11.4 Å². The second-order valence-corrected chi connectivity index (χ2v) is 10.5. The van der Waals surface area contributed by atoms with Crippen molar-refractivity contribution in [3.63, 3.8) is 0 Å². The molecule has 3 heteroatoms. The highest BCUT2D eigenvalue weighted by Crippen LogP contribution is 2.49. The summed E-state index contributed by atoms with van der Waals surface area (Å²) in [5.74, 6) is 0. The lowest BCUT2D eigenvalue weighted by molar-refractivity contribution is 1.28. The van der Waals surface area contributed by atoms with Gasteiger partial charge in [0, 0.05) is 33.7 Å². The third-order valence-corrected chi connectivity index (χ3v) is 7.79. The van der Waals surface area contributed by atoms with E-state index in [2.05, 4.69) is 168 Å². The molecular weight excluding hydrogens is 522 g/mol. The number of nitrogen functional groups attached to an aromatic ring is 1. The van der Waals surface area contributed by atoms with Gasteiger partial charge in [-0.15, -0.1) is 0 Å². The fourth-order valence-electron chi connectivity index (χ4n) is 5.76. The van der Waals surface area contributed by atoms with Crippen molar-refractivity contribution < 1.29 is 0 Å². The first-order chi connectivity index (χ1) is 21.3. The van der Waals surface area contributed by atoms with Crippen molar-refractivity contribution in [2.45, 2.75) is 0 Å². The summed E-state index contributed by atoms with van der Waals surface area (Å²) in [6, 6.07) is 59.3. The first-order valence-corrected chi connectivity index (χ1v) is 14.5. The third-order valence-electron chi connectivity index (χ3n) is 7.79. The predicted octanol–water partition coefficient (Wildman–Crippen LogP) is 11.0. The van der Waals surface area contributed by atoms with Crippen molar-refractivity contribution in [3.05, 3.63) is 170 Å². The minimum absolute atomic E-state index is 0.745. The Bertz CT molecular complexity index is 1940. The number of nitrogens with zero attached hydrogens (tertiary/aromatic N) is 1. The molecule has 7 aromatic carbocycles. The summed E-state index contributed by atoms with van der Waals surface area (Å²) in [4.78, 5) is 2.33. The van der Waals surface area contributed by atoms with Crippen LogP contribution in [0.1, 0.15) is 0 Å². The largest absolute Gasteiger partial charge is 0.399 e. The van der Waals surface area contributed by atoms with Gasteiger partial charge in [0.25, 0.3) is 0 Å². The summed E-state index contributed by atoms with van der Waals surface area (Å²) < 4.78 is 0. The normalized spacial score (nSPS) is 10.9. The Morgan fingerprint density at radius 1 is 0.465 bits per heavy atom. The summed E-state index contributed by atoms with van der Waals surface area (Å²) in [6.45, 7) is 0. The van der Waals surface area contributed by atoms with E-state index in [1.165, 1.54) is 10.8 Å². The van der Waals surface area contributed by atoms with Crippen LogP contribution in [-0.2, 0) is 0 Å². The Balaban J connectivity index is 1.56. The zero-order chi connectivity index (χ0) is 29.0. The lowest BCUT2D eigenvalue weighted by Gasteiger charge is -2.30. The summed E-state index contributed by atoms with van der Waals surface area (Å²) in [5, 5.41) is 6.31. The monoisotopic (exact) mass is 553 g/mol. The van der Waals surface area contributed by atoms with Crippen LogP contribution in [0.4, 0.5) is 34.1 Å². The quantitative estimate of drug-likeness (QED) is 0.193. The topological polar surface area (TPSA) is 41.3 Å². The number of rotatable bonds is 7. The lowest BCUT2D eigenvalue weighted by Crippen LogP contribution is -2.13. The zero-order valence-corrected chi connectivity index (χ0v) is 23.7. The van der Waals surface area contributed by atoms with Gasteiger partial charge in [-0.1, -0.05) is 121 Å². The average molecular weight is 554 g/mol. The van der Waals surface area contributed by atoms with E-state index in [-0.39, 0.29) is 0 Å². The summed E-state index contributed by atoms with van der Waals surface area (Å²) in [5.41, 5.74) is 16.6. The molecule has 0 aliphatic carbocycles. The van der Waals surface area contributed by atoms with Gasteiger partial charge in [0.2, 0.25) is 0 Å². The van der Waals surface area contributed by atoms with Gasteiger partial charge in [0.1, 0.15) is 0 Å². The van der Waals surface area contributed by atoms with Gasteiger partial charge in [-0.25, -0.2) is 0 Å². The Morgan fingerprint density at radius 2 is 1.05 bits per heavy atom. The third kappa shape index (κ3) is 5.20. The second-order valence-electron chi connectivity index (χ2n) is 10.5. The maximum atomic E-state index is 6.11. The molecule has 0 bridgehead atoms. The van der Waals surface area contributed by atoms with E-state index in [1.54, 1.807) is 0 Å². The van der Waals surface area contributed by atoms with Crippen LogP contribution in [0.5, 0.6) is 0 Å². The second kappa shape index (κ2) is 11.6. The summed E-state index contributed by atoms with van der Waals surface area (Å²) in [7, 11) is 0. The smallest absolute Gasteiger partial charge is 0.0715 e. The van der Waals surface area contributed by atoms with Crippen LogP contribution in [0.25, 0.3) is 33.0 Å². The molecule has 206 valence electrons. The molecule has 3 nitrogen and oxygen atoms in total. The Kier molecular flexibility index (Phi) is 7.04. The molecule has 0 saturated heterocycles. The summed E-state index contributed by atoms with van der Waals surface area (Å²) >= 11 is 0. The standard InChI is InChI=1S/C40H31N3/c41-32-25-23-30(24-26-32)36-27-28-38(43(33-17-6-2-7-18-33)34-19-8-3-9-20-34)40(39(36)31-14-4-1-5-15-31)42-37-22-12-16-29-13-10-11-21-35(29)37/h1-28,42H,41H2. The highest BCUT2D eigenvalue weighted by Gasteiger charge is 2.23. The van der Waals surface area contributed by atoms with E-state index in [9.17, 15) is 0 Å². The van der Waals surface area contributed by atoms with Crippen LogP contribution in [-0.4, -0.2) is 0 Å². The van der Waals surface area contributed by atoms with Crippen molar-refractivity contribution in [2.75, 3.05) is 16.0 Å². The average Bonchev–Trinajstić information content (AvgIpc) is 3.07. The zero-order valence-electron chi connectivity index (χ0n) is 23.7. The van der Waals surface area contributed by atoms with Crippen LogP contribution in [0.15, 0.2) is 170 Å². The number of fused-ring (bicyclic) bond motifs is 1. The molecule has 43 heavy (non-hydrogen) atoms.